The summed E-state index contributed by atoms with van der Waals surface area (Å²) in [6, 6.07) is 15.4. The van der Waals surface area contributed by atoms with Crippen molar-refractivity contribution in [1.82, 2.24) is 10.5 Å². The second-order valence-electron chi connectivity index (χ2n) is 5.68. The van der Waals surface area contributed by atoms with Crippen molar-refractivity contribution in [2.45, 2.75) is 12.5 Å². The molecule has 1 heterocycles. The van der Waals surface area contributed by atoms with Crippen LogP contribution in [0.5, 0.6) is 5.75 Å². The number of hydrogen-bond acceptors (Lipinski definition) is 5. The fourth-order valence-corrected chi connectivity index (χ4v) is 2.82. The molecule has 3 rings (SSSR count). The molecule has 0 fully saturated rings. The summed E-state index contributed by atoms with van der Waals surface area (Å²) in [5.41, 5.74) is 9.32. The molecule has 0 aromatic heterocycles. The maximum atomic E-state index is 11.9. The minimum atomic E-state index is -0.681. The van der Waals surface area contributed by atoms with Crippen LogP contribution in [0.4, 0.5) is 4.79 Å². The number of urea groups is 1. The molecule has 2 aromatic carbocycles. The number of carbonyl (C=O) groups is 2. The Hall–Kier alpha value is -3.39. The van der Waals surface area contributed by atoms with Crippen LogP contribution in [0.2, 0.25) is 0 Å². The molecular formula is C18H18N4O4. The van der Waals surface area contributed by atoms with E-state index < -0.39 is 18.0 Å². The minimum absolute atomic E-state index is 0.358. The Labute approximate surface area is 149 Å². The largest absolute Gasteiger partial charge is 0.483 e. The van der Waals surface area contributed by atoms with Crippen LogP contribution in [-0.2, 0) is 4.79 Å². The van der Waals surface area contributed by atoms with E-state index in [1.165, 1.54) is 10.5 Å². The van der Waals surface area contributed by atoms with E-state index in [1.807, 2.05) is 30.3 Å². The van der Waals surface area contributed by atoms with Gasteiger partial charge >= 0.3 is 6.03 Å². The van der Waals surface area contributed by atoms with E-state index in [0.29, 0.717) is 17.7 Å². The first kappa shape index (κ1) is 17.4. The first-order chi connectivity index (χ1) is 12.6. The molecule has 4 N–H and O–H groups in total. The lowest BCUT2D eigenvalue weighted by Crippen LogP contribution is -2.32. The van der Waals surface area contributed by atoms with Gasteiger partial charge in [-0.1, -0.05) is 48.5 Å². The molecule has 0 spiro atoms. The lowest BCUT2D eigenvalue weighted by Gasteiger charge is -2.22. The Kier molecular flexibility index (Phi) is 5.14. The quantitative estimate of drug-likeness (QED) is 0.560. The molecule has 134 valence electrons. The van der Waals surface area contributed by atoms with Gasteiger partial charge in [0.1, 0.15) is 5.75 Å². The third kappa shape index (κ3) is 3.65. The summed E-state index contributed by atoms with van der Waals surface area (Å²) >= 11 is 0. The van der Waals surface area contributed by atoms with Crippen LogP contribution in [0.25, 0.3) is 0 Å². The Morgan fingerprint density at radius 1 is 1.19 bits per heavy atom. The number of primary amides is 1. The third-order valence-electron chi connectivity index (χ3n) is 4.00. The number of amides is 3. The highest BCUT2D eigenvalue weighted by Crippen LogP contribution is 2.37. The molecule has 0 saturated carbocycles. The Balaban J connectivity index is 1.89. The molecule has 0 aliphatic carbocycles. The van der Waals surface area contributed by atoms with Gasteiger partial charge in [0.15, 0.2) is 6.61 Å². The van der Waals surface area contributed by atoms with Crippen molar-refractivity contribution in [2.75, 3.05) is 6.61 Å². The highest BCUT2D eigenvalue weighted by atomic mass is 16.5. The van der Waals surface area contributed by atoms with Crippen molar-refractivity contribution in [3.05, 3.63) is 65.7 Å². The van der Waals surface area contributed by atoms with Gasteiger partial charge in [0.25, 0.3) is 5.91 Å². The van der Waals surface area contributed by atoms with Gasteiger partial charge in [-0.2, -0.15) is 5.10 Å². The number of hydrogen-bond donors (Lipinski definition) is 3. The molecule has 1 unspecified atom stereocenters. The molecule has 8 heteroatoms. The van der Waals surface area contributed by atoms with Gasteiger partial charge in [0.2, 0.25) is 0 Å². The first-order valence-corrected chi connectivity index (χ1v) is 7.96. The van der Waals surface area contributed by atoms with Gasteiger partial charge < -0.3 is 10.5 Å². The predicted octanol–water partition coefficient (Wildman–Crippen LogP) is 1.80. The van der Waals surface area contributed by atoms with Crippen molar-refractivity contribution in [1.29, 1.82) is 0 Å². The van der Waals surface area contributed by atoms with Gasteiger partial charge in [-0.15, -0.1) is 0 Å². The summed E-state index contributed by atoms with van der Waals surface area (Å²) in [7, 11) is 0. The number of nitrogens with two attached hydrogens (primary N) is 1. The Bertz CT molecular complexity index is 838. The Morgan fingerprint density at radius 2 is 1.88 bits per heavy atom. The zero-order chi connectivity index (χ0) is 18.5. The van der Waals surface area contributed by atoms with Crippen LogP contribution in [0.15, 0.2) is 59.7 Å². The summed E-state index contributed by atoms with van der Waals surface area (Å²) in [6.07, 6.45) is 0.458. The highest BCUT2D eigenvalue weighted by molar-refractivity contribution is 6.03. The van der Waals surface area contributed by atoms with Crippen LogP contribution in [-0.4, -0.2) is 34.5 Å². The molecule has 1 aliphatic rings. The zero-order valence-corrected chi connectivity index (χ0v) is 13.8. The molecular weight excluding hydrogens is 336 g/mol. The van der Waals surface area contributed by atoms with Crippen molar-refractivity contribution >= 4 is 17.6 Å². The van der Waals surface area contributed by atoms with Crippen molar-refractivity contribution < 1.29 is 19.5 Å². The van der Waals surface area contributed by atoms with Crippen LogP contribution < -0.4 is 16.0 Å². The monoisotopic (exact) mass is 354 g/mol. The van der Waals surface area contributed by atoms with Crippen molar-refractivity contribution in [3.8, 4) is 5.75 Å². The normalized spacial score (nSPS) is 16.1. The number of nitrogens with zero attached hydrogens (tertiary/aromatic N) is 2. The van der Waals surface area contributed by atoms with Gasteiger partial charge in [-0.25, -0.2) is 15.3 Å². The summed E-state index contributed by atoms with van der Waals surface area (Å²) in [5, 5.41) is 14.2. The molecule has 2 aromatic rings. The van der Waals surface area contributed by atoms with Crippen molar-refractivity contribution in [3.63, 3.8) is 0 Å². The van der Waals surface area contributed by atoms with Crippen molar-refractivity contribution in [2.24, 2.45) is 10.8 Å². The standard InChI is InChI=1S/C18H18N4O4/c19-18(24)22-15(10-14(20-22)12-6-2-1-3-7-12)13-8-4-5-9-16(13)26-11-17(23)21-25/h1-9,15,25H,10-11H2,(H2,19,24)(H,21,23). The summed E-state index contributed by atoms with van der Waals surface area (Å²) < 4.78 is 5.47. The second kappa shape index (κ2) is 7.66. The van der Waals surface area contributed by atoms with Gasteiger partial charge in [0.05, 0.1) is 11.8 Å². The number of rotatable bonds is 5. The van der Waals surface area contributed by atoms with Gasteiger partial charge in [-0.3, -0.25) is 10.0 Å². The number of hydrazone groups is 1. The number of carbonyl (C=O) groups excluding carboxylic acids is 2. The van der Waals surface area contributed by atoms with E-state index in [0.717, 1.165) is 11.3 Å². The van der Waals surface area contributed by atoms with E-state index in [-0.39, 0.29) is 6.61 Å². The summed E-state index contributed by atoms with van der Waals surface area (Å²) in [6.45, 7) is -0.358. The molecule has 3 amide bonds. The second-order valence-corrected chi connectivity index (χ2v) is 5.68. The summed E-state index contributed by atoms with van der Waals surface area (Å²) in [4.78, 5) is 23.1. The lowest BCUT2D eigenvalue weighted by molar-refractivity contribution is -0.131. The zero-order valence-electron chi connectivity index (χ0n) is 13.8. The van der Waals surface area contributed by atoms with E-state index in [2.05, 4.69) is 5.10 Å². The number of hydroxylamine groups is 1. The lowest BCUT2D eigenvalue weighted by atomic mass is 9.98. The number of nitrogens with one attached hydrogen (secondary N) is 1. The van der Waals surface area contributed by atoms with Crippen LogP contribution in [0.3, 0.4) is 0 Å². The first-order valence-electron chi connectivity index (χ1n) is 7.96. The van der Waals surface area contributed by atoms with E-state index in [9.17, 15) is 9.59 Å². The maximum Gasteiger partial charge on any atom is 0.335 e. The van der Waals surface area contributed by atoms with Crippen LogP contribution in [0.1, 0.15) is 23.6 Å². The molecule has 26 heavy (non-hydrogen) atoms. The SMILES string of the molecule is NC(=O)N1N=C(c2ccccc2)CC1c1ccccc1OCC(=O)NO. The Morgan fingerprint density at radius 3 is 2.58 bits per heavy atom. The molecule has 0 saturated heterocycles. The average Bonchev–Trinajstić information content (AvgIpc) is 3.12. The minimum Gasteiger partial charge on any atom is -0.483 e. The number of ether oxygens (including phenoxy) is 1. The average molecular weight is 354 g/mol. The van der Waals surface area contributed by atoms with E-state index in [1.54, 1.807) is 24.3 Å². The van der Waals surface area contributed by atoms with Crippen LogP contribution >= 0.6 is 0 Å². The molecule has 0 radical (unpaired) electrons. The van der Waals surface area contributed by atoms with Crippen LogP contribution in [0, 0.1) is 0 Å². The number of benzene rings is 2. The number of para-hydroxylation sites is 1. The molecule has 0 bridgehead atoms. The topological polar surface area (TPSA) is 117 Å². The fraction of sp³-hybridized carbons (Fsp3) is 0.167. The van der Waals surface area contributed by atoms with E-state index >= 15 is 0 Å². The molecule has 8 nitrogen and oxygen atoms in total. The molecule has 1 atom stereocenters. The van der Waals surface area contributed by atoms with Gasteiger partial charge in [0, 0.05) is 12.0 Å². The smallest absolute Gasteiger partial charge is 0.335 e. The van der Waals surface area contributed by atoms with E-state index in [4.69, 9.17) is 15.7 Å². The maximum absolute atomic E-state index is 11.9. The molecule has 1 aliphatic heterocycles. The predicted molar refractivity (Wildman–Crippen MR) is 93.6 cm³/mol. The van der Waals surface area contributed by atoms with Gasteiger partial charge in [-0.05, 0) is 11.6 Å². The fourth-order valence-electron chi connectivity index (χ4n) is 2.82. The highest BCUT2D eigenvalue weighted by Gasteiger charge is 2.33. The summed E-state index contributed by atoms with van der Waals surface area (Å²) in [5.74, 6) is -0.268. The third-order valence-corrected chi connectivity index (χ3v) is 4.00.